The van der Waals surface area contributed by atoms with E-state index < -0.39 is 59.9 Å². The maximum atomic E-state index is 12.4. The molecule has 0 radical (unpaired) electrons. The van der Waals surface area contributed by atoms with E-state index in [-0.39, 0.29) is 5.56 Å². The van der Waals surface area contributed by atoms with Crippen LogP contribution in [-0.4, -0.2) is 55.8 Å². The van der Waals surface area contributed by atoms with Crippen molar-refractivity contribution < 1.29 is 51.6 Å². The number of aliphatic hydroxyl groups excluding tert-OH is 2. The van der Waals surface area contributed by atoms with Crippen LogP contribution in [0, 0.1) is 0 Å². The number of phosphoric acid groups is 1. The van der Waals surface area contributed by atoms with Crippen molar-refractivity contribution in [3.8, 4) is 0 Å². The van der Waals surface area contributed by atoms with Gasteiger partial charge >= 0.3 is 23.0 Å². The topological polar surface area (TPSA) is 202 Å². The van der Waals surface area contributed by atoms with Crippen molar-refractivity contribution in [1.82, 2.24) is 4.98 Å². The molecule has 2 aliphatic heterocycles. The Morgan fingerprint density at radius 3 is 2.44 bits per heavy atom. The van der Waals surface area contributed by atoms with Crippen LogP contribution in [0.2, 0.25) is 0 Å². The van der Waals surface area contributed by atoms with Crippen LogP contribution >= 0.6 is 23.0 Å². The number of rotatable bonds is 4. The van der Waals surface area contributed by atoms with Crippen LogP contribution in [0.3, 0.4) is 0 Å². The highest BCUT2D eigenvalue weighted by atomic mass is 31.3. The highest BCUT2D eigenvalue weighted by molar-refractivity contribution is 7.81. The van der Waals surface area contributed by atoms with Crippen LogP contribution in [0.1, 0.15) is 11.7 Å². The molecule has 0 amide bonds. The highest BCUT2D eigenvalue weighted by Crippen LogP contribution is 2.78. The van der Waals surface area contributed by atoms with Crippen molar-refractivity contribution in [3.63, 3.8) is 0 Å². The normalized spacial score (nSPS) is 45.0. The van der Waals surface area contributed by atoms with Gasteiger partial charge in [0.25, 0.3) is 0 Å². The number of hydrogen-bond donors (Lipinski definition) is 5. The lowest BCUT2D eigenvalue weighted by molar-refractivity contribution is -0.0188. The Morgan fingerprint density at radius 2 is 1.85 bits per heavy atom. The van der Waals surface area contributed by atoms with Gasteiger partial charge < -0.3 is 34.2 Å². The van der Waals surface area contributed by atoms with Gasteiger partial charge in [0, 0.05) is 12.3 Å². The van der Waals surface area contributed by atoms with Crippen LogP contribution in [-0.2, 0) is 31.6 Å². The second-order valence-electron chi connectivity index (χ2n) is 5.88. The van der Waals surface area contributed by atoms with Gasteiger partial charge in [0.2, 0.25) is 5.56 Å². The monoisotopic (exact) mass is 447 g/mol. The fourth-order valence-electron chi connectivity index (χ4n) is 2.62. The minimum Gasteiger partial charge on any atom is -0.387 e. The van der Waals surface area contributed by atoms with Crippen LogP contribution in [0.5, 0.6) is 0 Å². The third kappa shape index (κ3) is 4.84. The molecule has 0 aliphatic carbocycles. The van der Waals surface area contributed by atoms with Crippen molar-refractivity contribution in [2.45, 2.75) is 24.4 Å². The van der Waals surface area contributed by atoms with Gasteiger partial charge in [-0.25, -0.2) is 13.2 Å². The average molecular weight is 447 g/mol. The summed E-state index contributed by atoms with van der Waals surface area (Å²) in [5.41, 5.74) is -0.0411. The molecular weight excluding hydrogens is 431 g/mol. The summed E-state index contributed by atoms with van der Waals surface area (Å²) < 4.78 is 53.9. The van der Waals surface area contributed by atoms with Crippen molar-refractivity contribution >= 4 is 23.0 Å². The molecule has 1 aromatic heterocycles. The largest absolute Gasteiger partial charge is 0.486 e. The SMILES string of the molecule is O=c1ccc([C@@H]2O[C@H](COP3(=O)CP(=O)(O)OP(=O)(O)O3)C(O)[C@@H]2O)c[nH]1. The van der Waals surface area contributed by atoms with Crippen LogP contribution < -0.4 is 5.56 Å². The fraction of sp³-hybridized carbons (Fsp3) is 0.545. The lowest BCUT2D eigenvalue weighted by Crippen LogP contribution is -2.33. The van der Waals surface area contributed by atoms with Crippen molar-refractivity contribution in [3.05, 3.63) is 34.2 Å². The van der Waals surface area contributed by atoms with E-state index in [2.05, 4.69) is 13.6 Å². The maximum absolute atomic E-state index is 12.4. The summed E-state index contributed by atoms with van der Waals surface area (Å²) in [5.74, 6) is -1.17. The van der Waals surface area contributed by atoms with E-state index >= 15 is 0 Å². The molecule has 2 aliphatic rings. The molecule has 2 saturated heterocycles. The first-order valence-electron chi connectivity index (χ1n) is 7.41. The minimum atomic E-state index is -5.07. The summed E-state index contributed by atoms with van der Waals surface area (Å²) in [7, 11) is -14.3. The van der Waals surface area contributed by atoms with E-state index in [9.17, 15) is 38.5 Å². The summed E-state index contributed by atoms with van der Waals surface area (Å²) in [6.45, 7) is -0.685. The van der Waals surface area contributed by atoms with Gasteiger partial charge in [0.05, 0.1) is 6.61 Å². The number of H-pyrrole nitrogens is 1. The smallest absolute Gasteiger partial charge is 0.387 e. The molecule has 2 fully saturated rings. The van der Waals surface area contributed by atoms with Crippen LogP contribution in [0.4, 0.5) is 0 Å². The second-order valence-corrected chi connectivity index (χ2v) is 12.0. The Labute approximate surface area is 151 Å². The number of nitrogens with one attached hydrogen (secondary N) is 1. The van der Waals surface area contributed by atoms with Gasteiger partial charge in [-0.3, -0.25) is 13.9 Å². The second kappa shape index (κ2) is 7.29. The fourth-order valence-corrected chi connectivity index (χ4v) is 9.53. The van der Waals surface area contributed by atoms with Gasteiger partial charge in [-0.1, -0.05) is 0 Å². The lowest BCUT2D eigenvalue weighted by atomic mass is 10.0. The van der Waals surface area contributed by atoms with Crippen molar-refractivity contribution in [2.24, 2.45) is 0 Å². The molecule has 4 unspecified atom stereocenters. The van der Waals surface area contributed by atoms with Crippen molar-refractivity contribution in [1.29, 1.82) is 0 Å². The number of pyridine rings is 1. The van der Waals surface area contributed by atoms with E-state index in [1.807, 2.05) is 0 Å². The third-order valence-corrected chi connectivity index (χ3v) is 10.8. The minimum absolute atomic E-state index is 0.345. The average Bonchev–Trinajstić information content (AvgIpc) is 2.79. The predicted molar refractivity (Wildman–Crippen MR) is 86.9 cm³/mol. The molecule has 5 N–H and O–H groups in total. The predicted octanol–water partition coefficient (Wildman–Crippen LogP) is 0.0364. The number of ether oxygens (including phenoxy) is 1. The highest BCUT2D eigenvalue weighted by Gasteiger charge is 2.53. The number of aromatic amines is 1. The number of aliphatic hydroxyl groups is 2. The Bertz CT molecular complexity index is 868. The van der Waals surface area contributed by atoms with E-state index in [0.717, 1.165) is 0 Å². The summed E-state index contributed by atoms with van der Waals surface area (Å²) in [6.07, 6.45) is -3.94. The van der Waals surface area contributed by atoms with E-state index in [4.69, 9.17) is 9.26 Å². The first-order valence-corrected chi connectivity index (χ1v) is 12.4. The maximum Gasteiger partial charge on any atom is 0.486 e. The zero-order valence-electron chi connectivity index (χ0n) is 13.4. The van der Waals surface area contributed by atoms with E-state index in [1.165, 1.54) is 18.3 Å². The first-order chi connectivity index (χ1) is 12.4. The molecule has 0 aromatic carbocycles. The summed E-state index contributed by atoms with van der Waals surface area (Å²) in [5, 5.41) is 20.2. The van der Waals surface area contributed by atoms with Gasteiger partial charge in [-0.2, -0.15) is 0 Å². The summed E-state index contributed by atoms with van der Waals surface area (Å²) in [4.78, 5) is 32.1. The molecule has 3 heterocycles. The van der Waals surface area contributed by atoms with E-state index in [1.54, 1.807) is 0 Å². The quantitative estimate of drug-likeness (QED) is 0.388. The number of aromatic nitrogens is 1. The van der Waals surface area contributed by atoms with Crippen molar-refractivity contribution in [2.75, 3.05) is 12.5 Å². The summed E-state index contributed by atoms with van der Waals surface area (Å²) in [6, 6.07) is 2.56. The molecule has 16 heteroatoms. The standard InChI is InChI=1S/C11H16NO12P3/c13-8-2-1-6(3-12-8)11-10(15)9(14)7(22-11)4-21-26(18)5-25(16,17)23-27(19,20)24-26/h1-3,7,9-11,14-15H,4-5H2,(H,12,13)(H,16,17)(H,19,20)/t7-,9?,10+,11+,26?/m1/s1. The molecule has 27 heavy (non-hydrogen) atoms. The van der Waals surface area contributed by atoms with Gasteiger partial charge in [0.1, 0.15) is 24.4 Å². The molecule has 3 rings (SSSR count). The molecule has 152 valence electrons. The Balaban J connectivity index is 1.70. The Hall–Kier alpha value is -0.680. The first kappa shape index (κ1) is 21.0. The zero-order chi connectivity index (χ0) is 20.0. The summed E-state index contributed by atoms with van der Waals surface area (Å²) >= 11 is 0. The molecule has 7 atom stereocenters. The molecule has 0 bridgehead atoms. The van der Waals surface area contributed by atoms with Gasteiger partial charge in [-0.05, 0) is 11.6 Å². The Kier molecular flexibility index (Phi) is 5.68. The zero-order valence-corrected chi connectivity index (χ0v) is 16.0. The molecule has 0 spiro atoms. The van der Waals surface area contributed by atoms with Crippen LogP contribution in [0.15, 0.2) is 23.1 Å². The Morgan fingerprint density at radius 1 is 1.15 bits per heavy atom. The molecule has 13 nitrogen and oxygen atoms in total. The van der Waals surface area contributed by atoms with Crippen LogP contribution in [0.25, 0.3) is 0 Å². The molecule has 0 saturated carbocycles. The van der Waals surface area contributed by atoms with E-state index in [0.29, 0.717) is 5.56 Å². The third-order valence-electron chi connectivity index (χ3n) is 3.74. The number of hydrogen-bond acceptors (Lipinski definition) is 10. The molecule has 1 aromatic rings. The molecular formula is C11H16NO12P3. The van der Waals surface area contributed by atoms with Gasteiger partial charge in [0.15, 0.2) is 5.90 Å². The van der Waals surface area contributed by atoms with Gasteiger partial charge in [-0.15, -0.1) is 0 Å². The lowest BCUT2D eigenvalue weighted by Gasteiger charge is -2.28.